The Hall–Kier alpha value is -0.860. The first-order valence-corrected chi connectivity index (χ1v) is 7.34. The van der Waals surface area contributed by atoms with Crippen molar-refractivity contribution in [1.82, 2.24) is 4.90 Å². The highest BCUT2D eigenvalue weighted by Gasteiger charge is 2.41. The van der Waals surface area contributed by atoms with Crippen LogP contribution in [0.4, 0.5) is 0 Å². The van der Waals surface area contributed by atoms with Crippen molar-refractivity contribution in [3.05, 3.63) is 35.9 Å². The molecule has 0 bridgehead atoms. The van der Waals surface area contributed by atoms with Gasteiger partial charge in [0.2, 0.25) is 0 Å². The van der Waals surface area contributed by atoms with Crippen LogP contribution in [0.15, 0.2) is 30.3 Å². The predicted molar refractivity (Wildman–Crippen MR) is 73.3 cm³/mol. The summed E-state index contributed by atoms with van der Waals surface area (Å²) < 4.78 is 6.03. The lowest BCUT2D eigenvalue weighted by atomic mass is 9.94. The van der Waals surface area contributed by atoms with Gasteiger partial charge in [0.15, 0.2) is 0 Å². The van der Waals surface area contributed by atoms with Crippen molar-refractivity contribution in [2.75, 3.05) is 6.61 Å². The molecule has 3 rings (SSSR count). The summed E-state index contributed by atoms with van der Waals surface area (Å²) in [5.74, 6) is 0. The van der Waals surface area contributed by atoms with Crippen LogP contribution in [0.3, 0.4) is 0 Å². The van der Waals surface area contributed by atoms with Crippen LogP contribution in [-0.4, -0.2) is 23.8 Å². The maximum absolute atomic E-state index is 6.03. The SMILES string of the molecule is CCC[C@H]1CCCC2OC[C@@H](c3ccccc3)N21. The van der Waals surface area contributed by atoms with E-state index in [1.807, 2.05) is 0 Å². The van der Waals surface area contributed by atoms with Gasteiger partial charge in [0.25, 0.3) is 0 Å². The normalized spacial score (nSPS) is 32.4. The number of benzene rings is 1. The highest BCUT2D eigenvalue weighted by Crippen LogP contribution is 2.39. The van der Waals surface area contributed by atoms with Crippen LogP contribution in [0.1, 0.15) is 50.6 Å². The fraction of sp³-hybridized carbons (Fsp3) is 0.625. The number of piperidine rings is 1. The summed E-state index contributed by atoms with van der Waals surface area (Å²) in [6.07, 6.45) is 6.84. The maximum atomic E-state index is 6.03. The van der Waals surface area contributed by atoms with Crippen LogP contribution in [0.25, 0.3) is 0 Å². The smallest absolute Gasteiger partial charge is 0.111 e. The molecule has 0 amide bonds. The number of ether oxygens (including phenoxy) is 1. The number of nitrogens with zero attached hydrogens (tertiary/aromatic N) is 1. The van der Waals surface area contributed by atoms with Gasteiger partial charge in [0, 0.05) is 6.04 Å². The standard InChI is InChI=1S/C16H23NO/c1-2-7-14-10-6-11-16-17(14)15(12-18-16)13-8-4-3-5-9-13/h3-5,8-9,14-16H,2,6-7,10-12H2,1H3/t14-,15-,16?/m0/s1. The quantitative estimate of drug-likeness (QED) is 0.804. The molecule has 0 saturated carbocycles. The van der Waals surface area contributed by atoms with Gasteiger partial charge in [-0.15, -0.1) is 0 Å². The molecule has 0 spiro atoms. The van der Waals surface area contributed by atoms with Crippen LogP contribution in [0, 0.1) is 0 Å². The van der Waals surface area contributed by atoms with Crippen molar-refractivity contribution in [2.24, 2.45) is 0 Å². The van der Waals surface area contributed by atoms with Gasteiger partial charge in [-0.05, 0) is 31.2 Å². The largest absolute Gasteiger partial charge is 0.361 e. The zero-order valence-electron chi connectivity index (χ0n) is 11.2. The Labute approximate surface area is 110 Å². The van der Waals surface area contributed by atoms with Gasteiger partial charge in [-0.1, -0.05) is 43.7 Å². The van der Waals surface area contributed by atoms with E-state index in [4.69, 9.17) is 4.74 Å². The summed E-state index contributed by atoms with van der Waals surface area (Å²) in [6.45, 7) is 3.16. The van der Waals surface area contributed by atoms with Gasteiger partial charge in [0.05, 0.1) is 12.6 Å². The molecule has 2 fully saturated rings. The zero-order valence-corrected chi connectivity index (χ0v) is 11.2. The Kier molecular flexibility index (Phi) is 3.67. The van der Waals surface area contributed by atoms with Crippen LogP contribution >= 0.6 is 0 Å². The third-order valence-electron chi connectivity index (χ3n) is 4.36. The topological polar surface area (TPSA) is 12.5 Å². The average molecular weight is 245 g/mol. The molecule has 0 aromatic heterocycles. The minimum absolute atomic E-state index is 0.375. The highest BCUT2D eigenvalue weighted by atomic mass is 16.5. The second kappa shape index (κ2) is 5.41. The second-order valence-electron chi connectivity index (χ2n) is 5.54. The van der Waals surface area contributed by atoms with E-state index in [1.54, 1.807) is 0 Å². The first-order valence-electron chi connectivity index (χ1n) is 7.34. The van der Waals surface area contributed by atoms with Crippen molar-refractivity contribution in [3.63, 3.8) is 0 Å². The molecule has 1 aromatic rings. The highest BCUT2D eigenvalue weighted by molar-refractivity contribution is 5.20. The third-order valence-corrected chi connectivity index (χ3v) is 4.36. The van der Waals surface area contributed by atoms with E-state index >= 15 is 0 Å². The Morgan fingerprint density at radius 2 is 2.06 bits per heavy atom. The summed E-state index contributed by atoms with van der Waals surface area (Å²) >= 11 is 0. The lowest BCUT2D eigenvalue weighted by molar-refractivity contribution is -0.0283. The average Bonchev–Trinajstić information content (AvgIpc) is 2.85. The summed E-state index contributed by atoms with van der Waals surface area (Å²) in [6, 6.07) is 12.1. The Balaban J connectivity index is 1.83. The first kappa shape index (κ1) is 12.2. The fourth-order valence-electron chi connectivity index (χ4n) is 3.54. The van der Waals surface area contributed by atoms with Crippen molar-refractivity contribution in [1.29, 1.82) is 0 Å². The molecule has 2 heteroatoms. The molecule has 1 aromatic carbocycles. The molecule has 18 heavy (non-hydrogen) atoms. The van der Waals surface area contributed by atoms with Crippen LogP contribution in [-0.2, 0) is 4.74 Å². The minimum Gasteiger partial charge on any atom is -0.361 e. The molecule has 0 radical (unpaired) electrons. The maximum Gasteiger partial charge on any atom is 0.111 e. The molecule has 1 unspecified atom stereocenters. The Bertz CT molecular complexity index is 376. The number of rotatable bonds is 3. The van der Waals surface area contributed by atoms with E-state index in [1.165, 1.54) is 37.7 Å². The van der Waals surface area contributed by atoms with Crippen molar-refractivity contribution < 1.29 is 4.74 Å². The Morgan fingerprint density at radius 3 is 2.83 bits per heavy atom. The molecule has 2 aliphatic heterocycles. The van der Waals surface area contributed by atoms with Crippen molar-refractivity contribution in [3.8, 4) is 0 Å². The van der Waals surface area contributed by atoms with Gasteiger partial charge in [0.1, 0.15) is 6.23 Å². The number of hydrogen-bond donors (Lipinski definition) is 0. The zero-order chi connectivity index (χ0) is 12.4. The minimum atomic E-state index is 0.375. The number of fused-ring (bicyclic) bond motifs is 1. The van der Waals surface area contributed by atoms with Crippen molar-refractivity contribution >= 4 is 0 Å². The molecule has 2 aliphatic rings. The summed E-state index contributed by atoms with van der Waals surface area (Å²) in [4.78, 5) is 2.66. The van der Waals surface area contributed by atoms with E-state index in [9.17, 15) is 0 Å². The van der Waals surface area contributed by atoms with Crippen LogP contribution in [0.2, 0.25) is 0 Å². The summed E-state index contributed by atoms with van der Waals surface area (Å²) in [7, 11) is 0. The molecule has 0 aliphatic carbocycles. The molecule has 2 nitrogen and oxygen atoms in total. The van der Waals surface area contributed by atoms with E-state index in [2.05, 4.69) is 42.2 Å². The van der Waals surface area contributed by atoms with Gasteiger partial charge in [-0.2, -0.15) is 0 Å². The van der Waals surface area contributed by atoms with E-state index < -0.39 is 0 Å². The van der Waals surface area contributed by atoms with Gasteiger partial charge < -0.3 is 4.74 Å². The lowest BCUT2D eigenvalue weighted by Gasteiger charge is -2.39. The van der Waals surface area contributed by atoms with E-state index in [0.717, 1.165) is 12.6 Å². The molecular formula is C16H23NO. The molecule has 0 N–H and O–H groups in total. The van der Waals surface area contributed by atoms with Gasteiger partial charge >= 0.3 is 0 Å². The monoisotopic (exact) mass is 245 g/mol. The van der Waals surface area contributed by atoms with E-state index in [-0.39, 0.29) is 0 Å². The van der Waals surface area contributed by atoms with Crippen LogP contribution in [0.5, 0.6) is 0 Å². The van der Waals surface area contributed by atoms with Gasteiger partial charge in [-0.25, -0.2) is 0 Å². The molecule has 2 saturated heterocycles. The van der Waals surface area contributed by atoms with Crippen molar-refractivity contribution in [2.45, 2.75) is 57.3 Å². The molecule has 3 atom stereocenters. The fourth-order valence-corrected chi connectivity index (χ4v) is 3.54. The third kappa shape index (κ3) is 2.19. The lowest BCUT2D eigenvalue weighted by Crippen LogP contribution is -2.44. The molecular weight excluding hydrogens is 222 g/mol. The number of hydrogen-bond acceptors (Lipinski definition) is 2. The first-order chi connectivity index (χ1) is 8.90. The van der Waals surface area contributed by atoms with E-state index in [0.29, 0.717) is 12.3 Å². The summed E-state index contributed by atoms with van der Waals surface area (Å²) in [5.41, 5.74) is 1.42. The summed E-state index contributed by atoms with van der Waals surface area (Å²) in [5, 5.41) is 0. The van der Waals surface area contributed by atoms with Crippen LogP contribution < -0.4 is 0 Å². The molecule has 2 heterocycles. The Morgan fingerprint density at radius 1 is 1.22 bits per heavy atom. The van der Waals surface area contributed by atoms with Gasteiger partial charge in [-0.3, -0.25) is 4.90 Å². The predicted octanol–water partition coefficient (Wildman–Crippen LogP) is 3.74. The molecule has 98 valence electrons. The second-order valence-corrected chi connectivity index (χ2v) is 5.54.